The van der Waals surface area contributed by atoms with E-state index in [1.54, 1.807) is 13.8 Å². The summed E-state index contributed by atoms with van der Waals surface area (Å²) in [7, 11) is 0. The number of fused-ring (bicyclic) bond motifs is 1. The molecule has 8 heteroatoms. The average Bonchev–Trinajstić information content (AvgIpc) is 2.96. The van der Waals surface area contributed by atoms with Crippen molar-refractivity contribution < 1.29 is 18.7 Å². The highest BCUT2D eigenvalue weighted by atomic mass is 16.5. The van der Waals surface area contributed by atoms with E-state index in [0.717, 1.165) is 45.8 Å². The first kappa shape index (κ1) is 17.6. The molecule has 0 saturated carbocycles. The smallest absolute Gasteiger partial charge is 0.342 e. The molecular weight excluding hydrogens is 324 g/mol. The molecule has 0 spiro atoms. The van der Waals surface area contributed by atoms with Gasteiger partial charge in [0.05, 0.1) is 25.2 Å². The fourth-order valence-electron chi connectivity index (χ4n) is 2.96. The summed E-state index contributed by atoms with van der Waals surface area (Å²) in [5.41, 5.74) is 0.791. The highest BCUT2D eigenvalue weighted by molar-refractivity contribution is 6.07. The summed E-state index contributed by atoms with van der Waals surface area (Å²) in [4.78, 5) is 23.0. The molecule has 0 amide bonds. The second-order valence-corrected chi connectivity index (χ2v) is 5.89. The number of furan rings is 1. The maximum absolute atomic E-state index is 12.2. The summed E-state index contributed by atoms with van der Waals surface area (Å²) < 4.78 is 16.1. The number of aromatic nitrogens is 2. The first-order chi connectivity index (χ1) is 12.2. The van der Waals surface area contributed by atoms with E-state index in [0.29, 0.717) is 34.8 Å². The lowest BCUT2D eigenvalue weighted by Gasteiger charge is -2.26. The van der Waals surface area contributed by atoms with Crippen LogP contribution in [0.3, 0.4) is 0 Å². The maximum Gasteiger partial charge on any atom is 0.342 e. The largest absolute Gasteiger partial charge is 0.462 e. The first-order valence-electron chi connectivity index (χ1n) is 8.66. The summed E-state index contributed by atoms with van der Waals surface area (Å²) in [5.74, 6) is 0.683. The highest BCUT2D eigenvalue weighted by Gasteiger charge is 2.23. The molecule has 0 aliphatic carbocycles. The molecule has 136 valence electrons. The molecule has 0 unspecified atom stereocenters. The van der Waals surface area contributed by atoms with E-state index >= 15 is 0 Å². The maximum atomic E-state index is 12.2. The Morgan fingerprint density at radius 3 is 2.92 bits per heavy atom. The van der Waals surface area contributed by atoms with Crippen LogP contribution in [0, 0.1) is 6.92 Å². The molecule has 1 N–H and O–H groups in total. The Hall–Kier alpha value is -2.19. The van der Waals surface area contributed by atoms with Crippen LogP contribution in [0.15, 0.2) is 10.7 Å². The number of hydrogen-bond acceptors (Lipinski definition) is 8. The van der Waals surface area contributed by atoms with Gasteiger partial charge in [-0.25, -0.2) is 14.8 Å². The minimum Gasteiger partial charge on any atom is -0.462 e. The van der Waals surface area contributed by atoms with Gasteiger partial charge in [0.2, 0.25) is 5.71 Å². The minimum atomic E-state index is -0.412. The zero-order valence-corrected chi connectivity index (χ0v) is 14.7. The summed E-state index contributed by atoms with van der Waals surface area (Å²) in [6.07, 6.45) is 2.40. The van der Waals surface area contributed by atoms with Gasteiger partial charge in [-0.15, -0.1) is 0 Å². The quantitative estimate of drug-likeness (QED) is 0.599. The molecule has 0 aromatic carbocycles. The molecule has 8 nitrogen and oxygen atoms in total. The second kappa shape index (κ2) is 8.26. The van der Waals surface area contributed by atoms with Crippen LogP contribution in [0.25, 0.3) is 11.1 Å². The minimum absolute atomic E-state index is 0.306. The summed E-state index contributed by atoms with van der Waals surface area (Å²) in [6, 6.07) is 0. The van der Waals surface area contributed by atoms with Gasteiger partial charge in [-0.3, -0.25) is 4.90 Å². The molecule has 0 atom stereocenters. The lowest BCUT2D eigenvalue weighted by Crippen LogP contribution is -2.37. The number of aryl methyl sites for hydroxylation is 1. The van der Waals surface area contributed by atoms with Gasteiger partial charge in [0.1, 0.15) is 23.5 Å². The number of anilines is 1. The molecule has 0 bridgehead atoms. The predicted molar refractivity (Wildman–Crippen MR) is 92.9 cm³/mol. The van der Waals surface area contributed by atoms with Crippen LogP contribution in [0.2, 0.25) is 0 Å². The molecule has 2 aromatic heterocycles. The number of carbonyl (C=O) groups excluding carboxylic acids is 1. The lowest BCUT2D eigenvalue weighted by atomic mass is 10.2. The number of morpholine rings is 1. The highest BCUT2D eigenvalue weighted by Crippen LogP contribution is 2.29. The van der Waals surface area contributed by atoms with Crippen molar-refractivity contribution in [2.45, 2.75) is 20.3 Å². The van der Waals surface area contributed by atoms with Crippen LogP contribution >= 0.6 is 0 Å². The van der Waals surface area contributed by atoms with Crippen molar-refractivity contribution in [3.8, 4) is 0 Å². The van der Waals surface area contributed by atoms with Crippen molar-refractivity contribution in [3.05, 3.63) is 17.7 Å². The third-order valence-electron chi connectivity index (χ3n) is 4.19. The molecule has 1 saturated heterocycles. The van der Waals surface area contributed by atoms with Gasteiger partial charge in [-0.05, 0) is 26.8 Å². The molecule has 25 heavy (non-hydrogen) atoms. The Balaban J connectivity index is 1.69. The fraction of sp³-hybridized carbons (Fsp3) is 0.588. The Morgan fingerprint density at radius 2 is 2.16 bits per heavy atom. The van der Waals surface area contributed by atoms with Crippen LogP contribution < -0.4 is 5.32 Å². The van der Waals surface area contributed by atoms with E-state index in [1.165, 1.54) is 6.33 Å². The van der Waals surface area contributed by atoms with Gasteiger partial charge in [-0.1, -0.05) is 0 Å². The molecule has 1 fully saturated rings. The van der Waals surface area contributed by atoms with Crippen LogP contribution in [0.5, 0.6) is 0 Å². The summed E-state index contributed by atoms with van der Waals surface area (Å²) in [5, 5.41) is 3.89. The number of nitrogens with one attached hydrogen (secondary N) is 1. The molecule has 0 radical (unpaired) electrons. The van der Waals surface area contributed by atoms with Crippen molar-refractivity contribution in [2.75, 3.05) is 51.3 Å². The average molecular weight is 348 g/mol. The van der Waals surface area contributed by atoms with E-state index in [4.69, 9.17) is 13.9 Å². The van der Waals surface area contributed by atoms with E-state index < -0.39 is 5.97 Å². The standard InChI is InChI=1S/C17H24N4O4/c1-3-24-17(22)13-12(2)25-16-14(13)15(19-11-20-16)18-5-4-6-21-7-9-23-10-8-21/h11H,3-10H2,1-2H3,(H,18,19,20). The van der Waals surface area contributed by atoms with Crippen LogP contribution in [0.1, 0.15) is 29.5 Å². The molecule has 2 aromatic rings. The van der Waals surface area contributed by atoms with Gasteiger partial charge < -0.3 is 19.2 Å². The van der Waals surface area contributed by atoms with E-state index in [-0.39, 0.29) is 0 Å². The zero-order chi connectivity index (χ0) is 17.6. The third-order valence-corrected chi connectivity index (χ3v) is 4.19. The lowest BCUT2D eigenvalue weighted by molar-refractivity contribution is 0.0378. The van der Waals surface area contributed by atoms with Crippen LogP contribution in [0.4, 0.5) is 5.82 Å². The van der Waals surface area contributed by atoms with Crippen LogP contribution in [-0.2, 0) is 9.47 Å². The normalized spacial score (nSPS) is 15.4. The van der Waals surface area contributed by atoms with Crippen molar-refractivity contribution in [3.63, 3.8) is 0 Å². The Labute approximate surface area is 146 Å². The Bertz CT molecular complexity index is 725. The summed E-state index contributed by atoms with van der Waals surface area (Å²) >= 11 is 0. The SMILES string of the molecule is CCOC(=O)c1c(C)oc2ncnc(NCCCN3CCOCC3)c12. The second-order valence-electron chi connectivity index (χ2n) is 5.89. The van der Waals surface area contributed by atoms with Crippen LogP contribution in [-0.4, -0.2) is 66.8 Å². The predicted octanol–water partition coefficient (Wildman–Crippen LogP) is 1.84. The van der Waals surface area contributed by atoms with Gasteiger partial charge >= 0.3 is 5.97 Å². The molecule has 3 heterocycles. The van der Waals surface area contributed by atoms with E-state index in [2.05, 4.69) is 20.2 Å². The van der Waals surface area contributed by atoms with Crippen molar-refractivity contribution in [2.24, 2.45) is 0 Å². The van der Waals surface area contributed by atoms with Crippen molar-refractivity contribution >= 4 is 22.9 Å². The third kappa shape index (κ3) is 4.08. The molecule has 3 rings (SSSR count). The van der Waals surface area contributed by atoms with E-state index in [1.807, 2.05) is 0 Å². The van der Waals surface area contributed by atoms with Gasteiger partial charge in [0, 0.05) is 19.6 Å². The molecule has 1 aliphatic heterocycles. The number of ether oxygens (including phenoxy) is 2. The van der Waals surface area contributed by atoms with Crippen molar-refractivity contribution in [1.82, 2.24) is 14.9 Å². The fourth-order valence-corrected chi connectivity index (χ4v) is 2.96. The number of carbonyl (C=O) groups is 1. The topological polar surface area (TPSA) is 89.7 Å². The number of rotatable bonds is 7. The van der Waals surface area contributed by atoms with Gasteiger partial charge in [0.25, 0.3) is 0 Å². The van der Waals surface area contributed by atoms with Gasteiger partial charge in [0.15, 0.2) is 0 Å². The number of esters is 1. The number of nitrogens with zero attached hydrogens (tertiary/aromatic N) is 3. The van der Waals surface area contributed by atoms with Crippen molar-refractivity contribution in [1.29, 1.82) is 0 Å². The zero-order valence-electron chi connectivity index (χ0n) is 14.7. The van der Waals surface area contributed by atoms with E-state index in [9.17, 15) is 4.79 Å². The Morgan fingerprint density at radius 1 is 1.36 bits per heavy atom. The molecule has 1 aliphatic rings. The summed E-state index contributed by atoms with van der Waals surface area (Å²) in [6.45, 7) is 9.12. The molecular formula is C17H24N4O4. The first-order valence-corrected chi connectivity index (χ1v) is 8.66. The van der Waals surface area contributed by atoms with Gasteiger partial charge in [-0.2, -0.15) is 0 Å². The Kier molecular flexibility index (Phi) is 5.83. The number of hydrogen-bond donors (Lipinski definition) is 1. The monoisotopic (exact) mass is 348 g/mol.